The number of aromatic carboxylic acids is 1. The third-order valence-electron chi connectivity index (χ3n) is 3.47. The number of ether oxygens (including phenoxy) is 2. The van der Waals surface area contributed by atoms with E-state index in [0.29, 0.717) is 5.75 Å². The van der Waals surface area contributed by atoms with Crippen LogP contribution in [0.5, 0.6) is 5.75 Å². The number of hydrogen-bond acceptors (Lipinski definition) is 5. The van der Waals surface area contributed by atoms with Gasteiger partial charge in [-0.25, -0.2) is 9.59 Å². The Balaban J connectivity index is 2.16. The number of carbonyl (C=O) groups excluding carboxylic acids is 2. The molecule has 0 aliphatic carbocycles. The minimum atomic E-state index is -0.994. The summed E-state index contributed by atoms with van der Waals surface area (Å²) in [6.07, 6.45) is 0. The first-order chi connectivity index (χ1) is 11.9. The Labute approximate surface area is 145 Å². The van der Waals surface area contributed by atoms with Crippen LogP contribution in [0.25, 0.3) is 0 Å². The molecule has 130 valence electrons. The van der Waals surface area contributed by atoms with E-state index < -0.39 is 11.9 Å². The van der Waals surface area contributed by atoms with Gasteiger partial charge in [-0.05, 0) is 49.7 Å². The molecule has 0 unspecified atom stereocenters. The molecule has 0 atom stereocenters. The SMILES string of the molecule is CCOC(=O)c1cc(OCc2ccc(C(=O)O)cc2)ccc1C(C)=O. The van der Waals surface area contributed by atoms with Crippen LogP contribution in [0.4, 0.5) is 0 Å². The van der Waals surface area contributed by atoms with Crippen LogP contribution in [-0.2, 0) is 11.3 Å². The summed E-state index contributed by atoms with van der Waals surface area (Å²) < 4.78 is 10.6. The molecule has 0 saturated carbocycles. The minimum absolute atomic E-state index is 0.160. The third-order valence-corrected chi connectivity index (χ3v) is 3.47. The maximum Gasteiger partial charge on any atom is 0.338 e. The summed E-state index contributed by atoms with van der Waals surface area (Å²) >= 11 is 0. The van der Waals surface area contributed by atoms with Crippen molar-refractivity contribution in [3.63, 3.8) is 0 Å². The van der Waals surface area contributed by atoms with Crippen LogP contribution < -0.4 is 4.74 Å². The Hall–Kier alpha value is -3.15. The summed E-state index contributed by atoms with van der Waals surface area (Å²) in [5.74, 6) is -1.40. The molecular formula is C19H18O6. The lowest BCUT2D eigenvalue weighted by atomic mass is 10.0. The van der Waals surface area contributed by atoms with Gasteiger partial charge >= 0.3 is 11.9 Å². The zero-order chi connectivity index (χ0) is 18.4. The van der Waals surface area contributed by atoms with Gasteiger partial charge in [0.05, 0.1) is 17.7 Å². The standard InChI is InChI=1S/C19H18O6/c1-3-24-19(23)17-10-15(8-9-16(17)12(2)20)25-11-13-4-6-14(7-5-13)18(21)22/h4-10H,3,11H2,1-2H3,(H,21,22). The first-order valence-electron chi connectivity index (χ1n) is 7.69. The van der Waals surface area contributed by atoms with Gasteiger partial charge in [0.15, 0.2) is 5.78 Å². The number of carboxylic acid groups (broad SMARTS) is 1. The van der Waals surface area contributed by atoms with Crippen LogP contribution in [0.15, 0.2) is 42.5 Å². The van der Waals surface area contributed by atoms with E-state index >= 15 is 0 Å². The summed E-state index contributed by atoms with van der Waals surface area (Å²) in [6.45, 7) is 3.47. The van der Waals surface area contributed by atoms with Crippen molar-refractivity contribution in [2.75, 3.05) is 6.61 Å². The Morgan fingerprint density at radius 2 is 1.68 bits per heavy atom. The van der Waals surface area contributed by atoms with Crippen molar-refractivity contribution >= 4 is 17.7 Å². The highest BCUT2D eigenvalue weighted by atomic mass is 16.5. The summed E-state index contributed by atoms with van der Waals surface area (Å²) in [5, 5.41) is 8.88. The number of carboxylic acids is 1. The molecule has 0 fully saturated rings. The van der Waals surface area contributed by atoms with Crippen LogP contribution in [0.1, 0.15) is 50.5 Å². The summed E-state index contributed by atoms with van der Waals surface area (Å²) in [5.41, 5.74) is 1.40. The van der Waals surface area contributed by atoms with E-state index in [1.54, 1.807) is 25.1 Å². The fourth-order valence-corrected chi connectivity index (χ4v) is 2.21. The van der Waals surface area contributed by atoms with Crippen LogP contribution in [0, 0.1) is 0 Å². The zero-order valence-corrected chi connectivity index (χ0v) is 13.9. The van der Waals surface area contributed by atoms with E-state index in [4.69, 9.17) is 14.6 Å². The van der Waals surface area contributed by atoms with Crippen LogP contribution in [-0.4, -0.2) is 29.4 Å². The zero-order valence-electron chi connectivity index (χ0n) is 13.9. The Kier molecular flexibility index (Phi) is 5.89. The van der Waals surface area contributed by atoms with Crippen molar-refractivity contribution in [2.24, 2.45) is 0 Å². The minimum Gasteiger partial charge on any atom is -0.489 e. The van der Waals surface area contributed by atoms with E-state index in [0.717, 1.165) is 5.56 Å². The van der Waals surface area contributed by atoms with Crippen molar-refractivity contribution in [2.45, 2.75) is 20.5 Å². The van der Waals surface area contributed by atoms with E-state index in [1.165, 1.54) is 31.2 Å². The number of ketones is 1. The predicted molar refractivity (Wildman–Crippen MR) is 90.1 cm³/mol. The quantitative estimate of drug-likeness (QED) is 0.613. The van der Waals surface area contributed by atoms with Gasteiger partial charge in [-0.2, -0.15) is 0 Å². The van der Waals surface area contributed by atoms with Gasteiger partial charge in [0.2, 0.25) is 0 Å². The Morgan fingerprint density at radius 1 is 1.00 bits per heavy atom. The topological polar surface area (TPSA) is 89.9 Å². The second-order valence-electron chi connectivity index (χ2n) is 5.27. The van der Waals surface area contributed by atoms with Crippen molar-refractivity contribution < 1.29 is 29.0 Å². The second kappa shape index (κ2) is 8.10. The molecule has 25 heavy (non-hydrogen) atoms. The number of hydrogen-bond donors (Lipinski definition) is 1. The molecule has 0 amide bonds. The Morgan fingerprint density at radius 3 is 2.24 bits per heavy atom. The fraction of sp³-hybridized carbons (Fsp3) is 0.211. The molecule has 2 aromatic rings. The van der Waals surface area contributed by atoms with Gasteiger partial charge in [0, 0.05) is 5.56 Å². The van der Waals surface area contributed by atoms with Crippen molar-refractivity contribution in [3.05, 3.63) is 64.7 Å². The smallest absolute Gasteiger partial charge is 0.338 e. The summed E-state index contributed by atoms with van der Waals surface area (Å²) in [6, 6.07) is 10.9. The molecule has 6 heteroatoms. The van der Waals surface area contributed by atoms with Gasteiger partial charge < -0.3 is 14.6 Å². The van der Waals surface area contributed by atoms with Gasteiger partial charge in [0.25, 0.3) is 0 Å². The molecule has 0 aromatic heterocycles. The van der Waals surface area contributed by atoms with Crippen molar-refractivity contribution in [1.82, 2.24) is 0 Å². The molecule has 6 nitrogen and oxygen atoms in total. The molecule has 0 radical (unpaired) electrons. The third kappa shape index (κ3) is 4.67. The number of rotatable bonds is 7. The lowest BCUT2D eigenvalue weighted by molar-refractivity contribution is 0.0522. The highest BCUT2D eigenvalue weighted by Gasteiger charge is 2.17. The van der Waals surface area contributed by atoms with Crippen LogP contribution in [0.2, 0.25) is 0 Å². The van der Waals surface area contributed by atoms with Crippen LogP contribution in [0.3, 0.4) is 0 Å². The molecule has 0 aliphatic heterocycles. The molecule has 2 aromatic carbocycles. The van der Waals surface area contributed by atoms with Gasteiger partial charge in [0.1, 0.15) is 12.4 Å². The fourth-order valence-electron chi connectivity index (χ4n) is 2.21. The maximum atomic E-state index is 12.0. The van der Waals surface area contributed by atoms with E-state index in [1.807, 2.05) is 0 Å². The molecule has 0 bridgehead atoms. The average molecular weight is 342 g/mol. The molecule has 0 aliphatic rings. The van der Waals surface area contributed by atoms with E-state index in [-0.39, 0.29) is 35.7 Å². The van der Waals surface area contributed by atoms with Crippen LogP contribution >= 0.6 is 0 Å². The average Bonchev–Trinajstić information content (AvgIpc) is 2.60. The maximum absolute atomic E-state index is 12.0. The number of Topliss-reactive ketones (excluding diaryl/α,β-unsaturated/α-hetero) is 1. The van der Waals surface area contributed by atoms with Crippen molar-refractivity contribution in [3.8, 4) is 5.75 Å². The summed E-state index contributed by atoms with van der Waals surface area (Å²) in [4.78, 5) is 34.5. The molecule has 0 heterocycles. The van der Waals surface area contributed by atoms with Crippen molar-refractivity contribution in [1.29, 1.82) is 0 Å². The molecular weight excluding hydrogens is 324 g/mol. The molecule has 2 rings (SSSR count). The normalized spacial score (nSPS) is 10.2. The number of esters is 1. The Bertz CT molecular complexity index is 792. The molecule has 0 saturated heterocycles. The first-order valence-corrected chi connectivity index (χ1v) is 7.69. The largest absolute Gasteiger partial charge is 0.489 e. The van der Waals surface area contributed by atoms with Gasteiger partial charge in [-0.15, -0.1) is 0 Å². The monoisotopic (exact) mass is 342 g/mol. The highest BCUT2D eigenvalue weighted by Crippen LogP contribution is 2.21. The van der Waals surface area contributed by atoms with Gasteiger partial charge in [-0.3, -0.25) is 4.79 Å². The molecule has 1 N–H and O–H groups in total. The number of benzene rings is 2. The summed E-state index contributed by atoms with van der Waals surface area (Å²) in [7, 11) is 0. The number of carbonyl (C=O) groups is 3. The highest BCUT2D eigenvalue weighted by molar-refractivity contribution is 6.05. The van der Waals surface area contributed by atoms with E-state index in [2.05, 4.69) is 0 Å². The predicted octanol–water partition coefficient (Wildman–Crippen LogP) is 3.34. The second-order valence-corrected chi connectivity index (χ2v) is 5.27. The van der Waals surface area contributed by atoms with Gasteiger partial charge in [-0.1, -0.05) is 12.1 Å². The lowest BCUT2D eigenvalue weighted by Crippen LogP contribution is -2.11. The van der Waals surface area contributed by atoms with E-state index in [9.17, 15) is 14.4 Å². The molecule has 0 spiro atoms. The lowest BCUT2D eigenvalue weighted by Gasteiger charge is -2.11. The first kappa shape index (κ1) is 18.2.